The van der Waals surface area contributed by atoms with E-state index in [9.17, 15) is 8.42 Å². The van der Waals surface area contributed by atoms with Crippen LogP contribution in [0.2, 0.25) is 5.32 Å². The van der Waals surface area contributed by atoms with Gasteiger partial charge in [0.1, 0.15) is 0 Å². The predicted octanol–water partition coefficient (Wildman–Crippen LogP) is 4.26. The van der Waals surface area contributed by atoms with Gasteiger partial charge in [-0.2, -0.15) is 0 Å². The Hall–Kier alpha value is 1.17. The summed E-state index contributed by atoms with van der Waals surface area (Å²) in [6, 6.07) is 0. The molecule has 0 heterocycles. The van der Waals surface area contributed by atoms with Gasteiger partial charge in [-0.25, -0.2) is 0 Å². The molecule has 0 saturated heterocycles. The molecule has 0 aromatic carbocycles. The molecule has 0 N–H and O–H groups in total. The van der Waals surface area contributed by atoms with Crippen molar-refractivity contribution in [3.8, 4) is 0 Å². The summed E-state index contributed by atoms with van der Waals surface area (Å²) < 4.78 is 27.9. The summed E-state index contributed by atoms with van der Waals surface area (Å²) >= 11 is 2.43. The van der Waals surface area contributed by atoms with E-state index in [1.807, 2.05) is 6.08 Å². The summed E-state index contributed by atoms with van der Waals surface area (Å²) in [5.74, 6) is 0.00330. The van der Waals surface area contributed by atoms with Crippen LogP contribution >= 0.6 is 0 Å². The average molecular weight is 436 g/mol. The molecule has 6 heteroatoms. The van der Waals surface area contributed by atoms with Gasteiger partial charge in [-0.05, 0) is 0 Å². The van der Waals surface area contributed by atoms with E-state index in [2.05, 4.69) is 22.9 Å². The zero-order chi connectivity index (χ0) is 17.2. The Morgan fingerprint density at radius 1 is 0.833 bits per heavy atom. The fraction of sp³-hybridized carbons (Fsp3) is 0.889. The molecular formula is C18H37NaO3SSe. The molecular weight excluding hydrogens is 398 g/mol. The van der Waals surface area contributed by atoms with Crippen molar-refractivity contribution in [3.05, 3.63) is 12.2 Å². The second kappa shape index (κ2) is 20.5. The second-order valence-electron chi connectivity index (χ2n) is 6.07. The van der Waals surface area contributed by atoms with Gasteiger partial charge in [0, 0.05) is 0 Å². The number of hydrogen-bond donors (Lipinski definition) is 0. The molecule has 3 nitrogen and oxygen atoms in total. The molecule has 0 fully saturated rings. The van der Waals surface area contributed by atoms with E-state index in [0.717, 1.165) is 24.6 Å². The van der Waals surface area contributed by atoms with Crippen LogP contribution in [0.15, 0.2) is 12.2 Å². The van der Waals surface area contributed by atoms with Crippen molar-refractivity contribution in [2.24, 2.45) is 0 Å². The van der Waals surface area contributed by atoms with Gasteiger partial charge in [0.25, 0.3) is 0 Å². The van der Waals surface area contributed by atoms with Crippen LogP contribution in [0, 0.1) is 0 Å². The van der Waals surface area contributed by atoms with Crippen molar-refractivity contribution in [2.75, 3.05) is 12.4 Å². The van der Waals surface area contributed by atoms with Crippen molar-refractivity contribution < 1.29 is 12.6 Å². The first kappa shape index (κ1) is 27.4. The van der Waals surface area contributed by atoms with E-state index in [1.165, 1.54) is 57.8 Å². The van der Waals surface area contributed by atoms with Gasteiger partial charge in [-0.3, -0.25) is 0 Å². The molecule has 0 aromatic heterocycles. The van der Waals surface area contributed by atoms with Crippen LogP contribution in [0.1, 0.15) is 84.0 Å². The van der Waals surface area contributed by atoms with Crippen LogP contribution < -0.4 is 0 Å². The summed E-state index contributed by atoms with van der Waals surface area (Å²) in [6.07, 6.45) is 18.7. The molecule has 0 amide bonds. The van der Waals surface area contributed by atoms with Crippen LogP contribution in [0.25, 0.3) is 0 Å². The first-order valence-corrected chi connectivity index (χ1v) is 12.2. The maximum atomic E-state index is 11.5. The molecule has 140 valence electrons. The normalized spacial score (nSPS) is 11.8. The topological polar surface area (TPSA) is 43.4 Å². The van der Waals surface area contributed by atoms with Crippen LogP contribution in [-0.4, -0.2) is 66.3 Å². The van der Waals surface area contributed by atoms with Gasteiger partial charge in [-0.15, -0.1) is 0 Å². The van der Waals surface area contributed by atoms with E-state index in [-0.39, 0.29) is 35.3 Å². The van der Waals surface area contributed by atoms with Crippen molar-refractivity contribution >= 4 is 55.7 Å². The van der Waals surface area contributed by atoms with E-state index >= 15 is 0 Å². The number of hydrogen-bond acceptors (Lipinski definition) is 3. The Kier molecular flexibility index (Phi) is 23.4. The van der Waals surface area contributed by atoms with Crippen LogP contribution in [0.3, 0.4) is 0 Å². The quantitative estimate of drug-likeness (QED) is 0.148. The maximum absolute atomic E-state index is 11.5. The zero-order valence-corrected chi connectivity index (χ0v) is 17.5. The molecule has 0 aromatic rings. The van der Waals surface area contributed by atoms with Crippen molar-refractivity contribution in [2.45, 2.75) is 89.3 Å². The summed E-state index contributed by atoms with van der Waals surface area (Å²) in [5, 5.41) is 0.886. The molecule has 24 heavy (non-hydrogen) atoms. The van der Waals surface area contributed by atoms with Crippen LogP contribution in [-0.2, 0) is 14.3 Å². The molecule has 0 radical (unpaired) electrons. The summed E-state index contributed by atoms with van der Waals surface area (Å²) in [5.41, 5.74) is 0. The number of unbranched alkanes of at least 4 members (excludes halogenated alkanes) is 10. The van der Waals surface area contributed by atoms with Crippen LogP contribution in [0.4, 0.5) is 0 Å². The molecule has 0 rings (SSSR count). The minimum atomic E-state index is -3.36. The minimum absolute atomic E-state index is 0. The number of rotatable bonds is 17. The fourth-order valence-corrected chi connectivity index (χ4v) is 3.46. The third-order valence-corrected chi connectivity index (χ3v) is 5.55. The van der Waals surface area contributed by atoms with Crippen molar-refractivity contribution in [1.29, 1.82) is 0 Å². The van der Waals surface area contributed by atoms with Gasteiger partial charge < -0.3 is 0 Å². The molecule has 0 unspecified atom stereocenters. The molecule has 0 aliphatic carbocycles. The summed E-state index contributed by atoms with van der Waals surface area (Å²) in [6.45, 7) is 2.55. The Balaban J connectivity index is 0. The molecule has 0 bridgehead atoms. The molecule has 0 aliphatic rings. The summed E-state index contributed by atoms with van der Waals surface area (Å²) in [7, 11) is -3.36. The van der Waals surface area contributed by atoms with Gasteiger partial charge in [0.05, 0.1) is 0 Å². The third-order valence-electron chi connectivity index (χ3n) is 3.76. The van der Waals surface area contributed by atoms with Gasteiger partial charge in [-0.1, -0.05) is 51.9 Å². The first-order chi connectivity index (χ1) is 11.1. The first-order valence-electron chi connectivity index (χ1n) is 9.25. The Bertz CT molecular complexity index is 372. The predicted molar refractivity (Wildman–Crippen MR) is 109 cm³/mol. The van der Waals surface area contributed by atoms with Crippen LogP contribution in [0.5, 0.6) is 0 Å². The Morgan fingerprint density at radius 2 is 1.38 bits per heavy atom. The van der Waals surface area contributed by atoms with Gasteiger partial charge in [0.15, 0.2) is 0 Å². The summed E-state index contributed by atoms with van der Waals surface area (Å²) in [4.78, 5) is 0. The third kappa shape index (κ3) is 21.2. The standard InChI is InChI=1S/C18H36O3SSe.Na.H/c1-2-3-4-5-6-7-8-9-10-11-12-13-14-17-22(19,20)21-16-15-18-23;;/h13-14,23H,2-12,15-18H2,1H3;;. The van der Waals surface area contributed by atoms with E-state index < -0.39 is 10.1 Å². The second-order valence-corrected chi connectivity index (χ2v) is 8.69. The monoisotopic (exact) mass is 436 g/mol. The van der Waals surface area contributed by atoms with E-state index in [4.69, 9.17) is 4.18 Å². The molecule has 0 spiro atoms. The fourth-order valence-electron chi connectivity index (χ4n) is 2.35. The molecule has 0 saturated carbocycles. The van der Waals surface area contributed by atoms with Gasteiger partial charge >= 0.3 is 130 Å². The molecule has 0 atom stereocenters. The zero-order valence-electron chi connectivity index (χ0n) is 14.8. The van der Waals surface area contributed by atoms with E-state index in [0.29, 0.717) is 6.61 Å². The van der Waals surface area contributed by atoms with E-state index in [1.54, 1.807) is 6.08 Å². The average Bonchev–Trinajstić information content (AvgIpc) is 2.52. The van der Waals surface area contributed by atoms with Crippen molar-refractivity contribution in [1.82, 2.24) is 0 Å². The Labute approximate surface area is 181 Å². The molecule has 0 aliphatic heterocycles. The number of allylic oxidation sites excluding steroid dienone is 1. The SMILES string of the molecule is CCCCCCCCCCCCC=CCS(=O)(=O)OCCC[SeH].[NaH]. The Morgan fingerprint density at radius 3 is 1.92 bits per heavy atom. The van der Waals surface area contributed by atoms with Gasteiger partial charge in [0.2, 0.25) is 0 Å². The van der Waals surface area contributed by atoms with Crippen molar-refractivity contribution in [3.63, 3.8) is 0 Å².